The number of hydrogen-bond acceptors (Lipinski definition) is 4. The average Bonchev–Trinajstić information content (AvgIpc) is 2.74. The van der Waals surface area contributed by atoms with Crippen LogP contribution in [0.4, 0.5) is 17.3 Å². The molecule has 0 amide bonds. The smallest absolute Gasteiger partial charge is 0.358 e. The van der Waals surface area contributed by atoms with E-state index in [2.05, 4.69) is 4.98 Å². The van der Waals surface area contributed by atoms with Gasteiger partial charge in [0.2, 0.25) is 12.1 Å². The Morgan fingerprint density at radius 2 is 2.06 bits per heavy atom. The summed E-state index contributed by atoms with van der Waals surface area (Å²) >= 11 is 0. The molecule has 2 aromatic rings. The van der Waals surface area contributed by atoms with E-state index in [-0.39, 0.29) is 5.82 Å². The molecule has 0 atom stereocenters. The molecule has 2 rings (SSSR count). The van der Waals surface area contributed by atoms with Crippen LogP contribution in [0.2, 0.25) is 0 Å². The van der Waals surface area contributed by atoms with Crippen molar-refractivity contribution in [3.8, 4) is 0 Å². The summed E-state index contributed by atoms with van der Waals surface area (Å²) < 4.78 is 1.66. The topological polar surface area (TPSA) is 64.2 Å². The van der Waals surface area contributed by atoms with Crippen LogP contribution in [-0.4, -0.2) is 21.0 Å². The first-order valence-electron chi connectivity index (χ1n) is 5.63. The van der Waals surface area contributed by atoms with E-state index in [0.29, 0.717) is 12.4 Å². The lowest BCUT2D eigenvalue weighted by molar-refractivity contribution is -0.388. The summed E-state index contributed by atoms with van der Waals surface area (Å²) in [6.45, 7) is 2.58. The van der Waals surface area contributed by atoms with Crippen LogP contribution >= 0.6 is 0 Å². The van der Waals surface area contributed by atoms with Gasteiger partial charge in [0.25, 0.3) is 0 Å². The summed E-state index contributed by atoms with van der Waals surface area (Å²) in [4.78, 5) is 16.2. The van der Waals surface area contributed by atoms with Crippen LogP contribution in [-0.2, 0) is 7.05 Å². The molecule has 0 fully saturated rings. The second-order valence-electron chi connectivity index (χ2n) is 3.84. The Kier molecular flexibility index (Phi) is 3.27. The molecule has 0 saturated heterocycles. The number of nitrogens with zero attached hydrogens (tertiary/aromatic N) is 4. The van der Waals surface area contributed by atoms with Gasteiger partial charge in [0.15, 0.2) is 0 Å². The van der Waals surface area contributed by atoms with Gasteiger partial charge < -0.3 is 15.0 Å². The molecule has 0 aliphatic carbocycles. The number of aromatic nitrogens is 2. The molecule has 1 heterocycles. The number of anilines is 2. The molecular formula is C12H14N4O2. The van der Waals surface area contributed by atoms with E-state index in [1.54, 1.807) is 11.6 Å². The Bertz CT molecular complexity index is 550. The number of imidazole rings is 1. The van der Waals surface area contributed by atoms with Crippen molar-refractivity contribution in [3.05, 3.63) is 46.8 Å². The second-order valence-corrected chi connectivity index (χ2v) is 3.84. The van der Waals surface area contributed by atoms with Crippen LogP contribution < -0.4 is 4.90 Å². The van der Waals surface area contributed by atoms with Crippen molar-refractivity contribution in [2.24, 2.45) is 7.05 Å². The second kappa shape index (κ2) is 4.87. The monoisotopic (exact) mass is 246 g/mol. The van der Waals surface area contributed by atoms with E-state index in [4.69, 9.17) is 0 Å². The van der Waals surface area contributed by atoms with Gasteiger partial charge in [-0.25, -0.2) is 0 Å². The van der Waals surface area contributed by atoms with Gasteiger partial charge in [-0.15, -0.1) is 0 Å². The van der Waals surface area contributed by atoms with E-state index in [9.17, 15) is 10.1 Å². The summed E-state index contributed by atoms with van der Waals surface area (Å²) in [5, 5.41) is 11.0. The van der Waals surface area contributed by atoms with Crippen molar-refractivity contribution in [2.75, 3.05) is 11.4 Å². The predicted octanol–water partition coefficient (Wildman–Crippen LogP) is 2.49. The fraction of sp³-hybridized carbons (Fsp3) is 0.250. The third-order valence-electron chi connectivity index (χ3n) is 2.70. The molecule has 94 valence electrons. The Balaban J connectivity index is 2.52. The van der Waals surface area contributed by atoms with Crippen LogP contribution in [0, 0.1) is 10.1 Å². The normalized spacial score (nSPS) is 10.3. The number of aryl methyl sites for hydroxylation is 1. The zero-order chi connectivity index (χ0) is 13.1. The van der Waals surface area contributed by atoms with Gasteiger partial charge in [-0.1, -0.05) is 18.2 Å². The molecule has 0 bridgehead atoms. The number of para-hydroxylation sites is 1. The molecule has 0 aliphatic heterocycles. The van der Waals surface area contributed by atoms with Crippen molar-refractivity contribution < 1.29 is 4.92 Å². The summed E-state index contributed by atoms with van der Waals surface area (Å²) in [5.74, 6) is 0.372. The molecule has 6 nitrogen and oxygen atoms in total. The van der Waals surface area contributed by atoms with Gasteiger partial charge in [-0.3, -0.25) is 4.57 Å². The third kappa shape index (κ3) is 2.04. The Labute approximate surface area is 105 Å². The first kappa shape index (κ1) is 12.1. The standard InChI is InChI=1S/C12H14N4O2/c1-3-15(10-7-5-4-6-8-10)12-11(16(17)18)13-9-14(12)2/h4-9H,3H2,1-2H3. The van der Waals surface area contributed by atoms with E-state index < -0.39 is 4.92 Å². The average molecular weight is 246 g/mol. The molecule has 18 heavy (non-hydrogen) atoms. The van der Waals surface area contributed by atoms with E-state index >= 15 is 0 Å². The van der Waals surface area contributed by atoms with Crippen LogP contribution in [0.3, 0.4) is 0 Å². The maximum atomic E-state index is 11.0. The zero-order valence-electron chi connectivity index (χ0n) is 10.3. The third-order valence-corrected chi connectivity index (χ3v) is 2.70. The van der Waals surface area contributed by atoms with E-state index in [1.165, 1.54) is 6.33 Å². The fourth-order valence-corrected chi connectivity index (χ4v) is 1.91. The number of nitro groups is 1. The minimum atomic E-state index is -0.457. The van der Waals surface area contributed by atoms with Crippen LogP contribution in [0.25, 0.3) is 0 Å². The first-order valence-corrected chi connectivity index (χ1v) is 5.63. The lowest BCUT2D eigenvalue weighted by Crippen LogP contribution is -2.19. The Morgan fingerprint density at radius 1 is 1.39 bits per heavy atom. The fourth-order valence-electron chi connectivity index (χ4n) is 1.91. The molecular weight excluding hydrogens is 232 g/mol. The van der Waals surface area contributed by atoms with Gasteiger partial charge in [0.05, 0.1) is 0 Å². The quantitative estimate of drug-likeness (QED) is 0.614. The maximum absolute atomic E-state index is 11.0. The van der Waals surface area contributed by atoms with Crippen LogP contribution in [0.5, 0.6) is 0 Å². The minimum absolute atomic E-state index is 0.122. The Morgan fingerprint density at radius 3 is 2.61 bits per heavy atom. The lowest BCUT2D eigenvalue weighted by atomic mass is 10.3. The molecule has 0 saturated carbocycles. The highest BCUT2D eigenvalue weighted by Crippen LogP contribution is 2.31. The molecule has 1 aromatic heterocycles. The highest BCUT2D eigenvalue weighted by atomic mass is 16.6. The van der Waals surface area contributed by atoms with Gasteiger partial charge in [0.1, 0.15) is 0 Å². The Hall–Kier alpha value is -2.37. The molecule has 6 heteroatoms. The minimum Gasteiger partial charge on any atom is -0.358 e. The first-order chi connectivity index (χ1) is 8.65. The van der Waals surface area contributed by atoms with E-state index in [1.807, 2.05) is 42.2 Å². The zero-order valence-corrected chi connectivity index (χ0v) is 10.3. The van der Waals surface area contributed by atoms with Gasteiger partial charge in [-0.05, 0) is 29.0 Å². The van der Waals surface area contributed by atoms with Crippen LogP contribution in [0.15, 0.2) is 36.7 Å². The van der Waals surface area contributed by atoms with Gasteiger partial charge >= 0.3 is 5.82 Å². The molecule has 0 unspecified atom stereocenters. The van der Waals surface area contributed by atoms with Crippen molar-refractivity contribution in [1.82, 2.24) is 9.55 Å². The highest BCUT2D eigenvalue weighted by Gasteiger charge is 2.25. The predicted molar refractivity (Wildman–Crippen MR) is 69.0 cm³/mol. The molecule has 1 aromatic carbocycles. The SMILES string of the molecule is CCN(c1ccccc1)c1c([N+](=O)[O-])ncn1C. The summed E-state index contributed by atoms with van der Waals surface area (Å²) in [5.41, 5.74) is 0.909. The summed E-state index contributed by atoms with van der Waals surface area (Å²) in [7, 11) is 1.75. The van der Waals surface area contributed by atoms with Crippen molar-refractivity contribution in [2.45, 2.75) is 6.92 Å². The number of benzene rings is 1. The van der Waals surface area contributed by atoms with Crippen molar-refractivity contribution >= 4 is 17.3 Å². The van der Waals surface area contributed by atoms with E-state index in [0.717, 1.165) is 5.69 Å². The molecule has 0 aliphatic rings. The van der Waals surface area contributed by atoms with Gasteiger partial charge in [0, 0.05) is 19.3 Å². The van der Waals surface area contributed by atoms with Crippen molar-refractivity contribution in [1.29, 1.82) is 0 Å². The number of rotatable bonds is 4. The molecule has 0 radical (unpaired) electrons. The van der Waals surface area contributed by atoms with Crippen LogP contribution in [0.1, 0.15) is 6.92 Å². The van der Waals surface area contributed by atoms with Gasteiger partial charge in [-0.2, -0.15) is 0 Å². The largest absolute Gasteiger partial charge is 0.406 e. The number of hydrogen-bond donors (Lipinski definition) is 0. The van der Waals surface area contributed by atoms with Crippen molar-refractivity contribution in [3.63, 3.8) is 0 Å². The molecule has 0 spiro atoms. The highest BCUT2D eigenvalue weighted by molar-refractivity contribution is 5.66. The molecule has 0 N–H and O–H groups in total. The maximum Gasteiger partial charge on any atom is 0.406 e. The lowest BCUT2D eigenvalue weighted by Gasteiger charge is -2.21. The summed E-state index contributed by atoms with van der Waals surface area (Å²) in [6, 6.07) is 9.55. The summed E-state index contributed by atoms with van der Waals surface area (Å²) in [6.07, 6.45) is 1.46.